The van der Waals surface area contributed by atoms with E-state index < -0.39 is 51.0 Å². The van der Waals surface area contributed by atoms with Crippen LogP contribution in [0.5, 0.6) is 0 Å². The van der Waals surface area contributed by atoms with Crippen LogP contribution in [0.1, 0.15) is 25.8 Å². The average Bonchev–Trinajstić information content (AvgIpc) is 3.11. The lowest BCUT2D eigenvalue weighted by Crippen LogP contribution is -2.43. The Kier molecular flexibility index (Phi) is 6.21. The molecule has 0 amide bonds. The van der Waals surface area contributed by atoms with Gasteiger partial charge in [-0.25, -0.2) is 0 Å². The van der Waals surface area contributed by atoms with Gasteiger partial charge in [0.05, 0.1) is 34.7 Å². The van der Waals surface area contributed by atoms with Crippen molar-refractivity contribution in [2.75, 3.05) is 24.7 Å². The average molecular weight is 393 g/mol. The topological polar surface area (TPSA) is 108 Å². The molecule has 0 N–H and O–H groups in total. The predicted molar refractivity (Wildman–Crippen MR) is 87.5 cm³/mol. The van der Waals surface area contributed by atoms with E-state index in [2.05, 4.69) is 0 Å². The molecule has 1 aromatic rings. The van der Waals surface area contributed by atoms with E-state index in [1.165, 1.54) is 4.90 Å². The van der Waals surface area contributed by atoms with Crippen molar-refractivity contribution in [3.63, 3.8) is 0 Å². The summed E-state index contributed by atoms with van der Waals surface area (Å²) in [6.45, 7) is 4.00. The van der Waals surface area contributed by atoms with E-state index in [1.807, 2.05) is 0 Å². The van der Waals surface area contributed by atoms with Gasteiger partial charge in [0.15, 0.2) is 12.0 Å². The first-order chi connectivity index (χ1) is 12.6. The van der Waals surface area contributed by atoms with Gasteiger partial charge in [0.2, 0.25) is 0 Å². The summed E-state index contributed by atoms with van der Waals surface area (Å²) in [5.74, 6) is 0. The summed E-state index contributed by atoms with van der Waals surface area (Å²) in [5, 5.41) is 22.9. The summed E-state index contributed by atoms with van der Waals surface area (Å²) < 4.78 is 49.9. The molecular weight excluding hydrogens is 375 g/mol. The Morgan fingerprint density at radius 2 is 1.67 bits per heavy atom. The SMILES string of the molecule is CCCN(c1c([N+](=O)[O-])cc(C(F)(F)F)cc1[N+](=O)[O-])C(C)C1OCCO1. The number of alkyl halides is 3. The fourth-order valence-corrected chi connectivity index (χ4v) is 2.90. The molecule has 0 bridgehead atoms. The van der Waals surface area contributed by atoms with Crippen molar-refractivity contribution < 1.29 is 32.5 Å². The minimum Gasteiger partial charge on any atom is -0.353 e. The van der Waals surface area contributed by atoms with E-state index in [-0.39, 0.29) is 19.8 Å². The van der Waals surface area contributed by atoms with Crippen LogP contribution in [0.25, 0.3) is 0 Å². The molecule has 0 aliphatic carbocycles. The lowest BCUT2D eigenvalue weighted by Gasteiger charge is -2.33. The Hall–Kier alpha value is -2.47. The van der Waals surface area contributed by atoms with Gasteiger partial charge in [0.25, 0.3) is 11.4 Å². The number of rotatable bonds is 7. The largest absolute Gasteiger partial charge is 0.416 e. The highest BCUT2D eigenvalue weighted by Gasteiger charge is 2.41. The number of hydrogen-bond acceptors (Lipinski definition) is 7. The zero-order chi connectivity index (χ0) is 20.4. The van der Waals surface area contributed by atoms with Gasteiger partial charge in [-0.05, 0) is 13.3 Å². The van der Waals surface area contributed by atoms with Gasteiger partial charge in [-0.1, -0.05) is 6.92 Å². The summed E-state index contributed by atoms with van der Waals surface area (Å²) >= 11 is 0. The summed E-state index contributed by atoms with van der Waals surface area (Å²) in [6, 6.07) is -0.0658. The first-order valence-electron chi connectivity index (χ1n) is 8.11. The standard InChI is InChI=1S/C15H18F3N3O6/c1-3-4-19(9(2)14-26-5-6-27-14)13-11(20(22)23)7-10(15(16,17)18)8-12(13)21(24)25/h7-9,14H,3-6H2,1-2H3. The Morgan fingerprint density at radius 3 is 2.04 bits per heavy atom. The van der Waals surface area contributed by atoms with Crippen LogP contribution in [0.4, 0.5) is 30.2 Å². The van der Waals surface area contributed by atoms with Crippen LogP contribution >= 0.6 is 0 Å². The van der Waals surface area contributed by atoms with E-state index in [9.17, 15) is 33.4 Å². The Morgan fingerprint density at radius 1 is 1.19 bits per heavy atom. The van der Waals surface area contributed by atoms with Gasteiger partial charge in [-0.2, -0.15) is 13.2 Å². The van der Waals surface area contributed by atoms with Crippen LogP contribution in [0, 0.1) is 20.2 Å². The number of hydrogen-bond donors (Lipinski definition) is 0. The second kappa shape index (κ2) is 8.05. The highest BCUT2D eigenvalue weighted by atomic mass is 19.4. The molecule has 150 valence electrons. The zero-order valence-electron chi connectivity index (χ0n) is 14.6. The highest BCUT2D eigenvalue weighted by Crippen LogP contribution is 2.44. The van der Waals surface area contributed by atoms with E-state index in [4.69, 9.17) is 9.47 Å². The fourth-order valence-electron chi connectivity index (χ4n) is 2.90. The first-order valence-corrected chi connectivity index (χ1v) is 8.11. The lowest BCUT2D eigenvalue weighted by molar-refractivity contribution is -0.393. The molecule has 0 saturated carbocycles. The second-order valence-corrected chi connectivity index (χ2v) is 5.92. The molecule has 12 heteroatoms. The molecule has 0 spiro atoms. The molecule has 27 heavy (non-hydrogen) atoms. The van der Waals surface area contributed by atoms with Crippen LogP contribution in [0.15, 0.2) is 12.1 Å². The van der Waals surface area contributed by atoms with E-state index in [0.29, 0.717) is 18.6 Å². The van der Waals surface area contributed by atoms with Gasteiger partial charge in [0, 0.05) is 18.7 Å². The van der Waals surface area contributed by atoms with Crippen LogP contribution in [0.2, 0.25) is 0 Å². The third-order valence-corrected chi connectivity index (χ3v) is 4.08. The molecule has 1 aliphatic heterocycles. The normalized spacial score (nSPS) is 16.3. The van der Waals surface area contributed by atoms with Gasteiger partial charge in [-0.15, -0.1) is 0 Å². The Labute approximate surface area is 151 Å². The number of nitro benzene ring substituents is 2. The molecule has 1 heterocycles. The highest BCUT2D eigenvalue weighted by molar-refractivity contribution is 5.76. The maximum atomic E-state index is 13.1. The van der Waals surface area contributed by atoms with Gasteiger partial charge < -0.3 is 14.4 Å². The van der Waals surface area contributed by atoms with Crippen LogP contribution in [0.3, 0.4) is 0 Å². The van der Waals surface area contributed by atoms with Gasteiger partial charge in [0.1, 0.15) is 0 Å². The van der Waals surface area contributed by atoms with Gasteiger partial charge in [-0.3, -0.25) is 20.2 Å². The van der Waals surface area contributed by atoms with Crippen molar-refractivity contribution >= 4 is 17.1 Å². The molecule has 9 nitrogen and oxygen atoms in total. The number of ether oxygens (including phenoxy) is 2. The molecule has 0 radical (unpaired) electrons. The van der Waals surface area contributed by atoms with Crippen LogP contribution in [-0.2, 0) is 15.7 Å². The summed E-state index contributed by atoms with van der Waals surface area (Å²) in [7, 11) is 0. The molecule has 1 aromatic carbocycles. The Balaban J connectivity index is 2.69. The lowest BCUT2D eigenvalue weighted by atomic mass is 10.1. The molecule has 0 aromatic heterocycles. The fraction of sp³-hybridized carbons (Fsp3) is 0.600. The number of anilines is 1. The monoisotopic (exact) mass is 393 g/mol. The van der Waals surface area contributed by atoms with Gasteiger partial charge >= 0.3 is 6.18 Å². The Bertz CT molecular complexity index is 686. The quantitative estimate of drug-likeness (QED) is 0.515. The maximum absolute atomic E-state index is 13.1. The maximum Gasteiger partial charge on any atom is 0.416 e. The second-order valence-electron chi connectivity index (χ2n) is 5.92. The van der Waals surface area contributed by atoms with Crippen LogP contribution in [-0.4, -0.2) is 41.9 Å². The number of halogens is 3. The van der Waals surface area contributed by atoms with Crippen molar-refractivity contribution in [1.82, 2.24) is 0 Å². The summed E-state index contributed by atoms with van der Waals surface area (Å²) in [4.78, 5) is 22.1. The number of nitrogens with zero attached hydrogens (tertiary/aromatic N) is 3. The van der Waals surface area contributed by atoms with Crippen molar-refractivity contribution in [2.24, 2.45) is 0 Å². The summed E-state index contributed by atoms with van der Waals surface area (Å²) in [6.07, 6.45) is -5.34. The molecule has 1 saturated heterocycles. The predicted octanol–water partition coefficient (Wildman–Crippen LogP) is 3.50. The summed E-state index contributed by atoms with van der Waals surface area (Å²) in [5.41, 5.74) is -3.93. The molecule has 1 unspecified atom stereocenters. The third kappa shape index (κ3) is 4.45. The van der Waals surface area contributed by atoms with E-state index >= 15 is 0 Å². The first kappa shape index (κ1) is 20.8. The molecule has 1 atom stereocenters. The van der Waals surface area contributed by atoms with Crippen LogP contribution < -0.4 is 4.90 Å². The molecule has 1 aliphatic rings. The third-order valence-electron chi connectivity index (χ3n) is 4.08. The smallest absolute Gasteiger partial charge is 0.353 e. The minimum atomic E-state index is -4.97. The van der Waals surface area contributed by atoms with Crippen molar-refractivity contribution in [2.45, 2.75) is 38.8 Å². The number of benzene rings is 1. The minimum absolute atomic E-state index is 0.122. The van der Waals surface area contributed by atoms with E-state index in [0.717, 1.165) is 0 Å². The number of nitro groups is 2. The molecule has 2 rings (SSSR count). The zero-order valence-corrected chi connectivity index (χ0v) is 14.6. The molecule has 1 fully saturated rings. The van der Waals surface area contributed by atoms with Crippen molar-refractivity contribution in [3.05, 3.63) is 37.9 Å². The molecular formula is C15H18F3N3O6. The van der Waals surface area contributed by atoms with Crippen molar-refractivity contribution in [3.8, 4) is 0 Å². The van der Waals surface area contributed by atoms with E-state index in [1.54, 1.807) is 13.8 Å². The van der Waals surface area contributed by atoms with Crippen molar-refractivity contribution in [1.29, 1.82) is 0 Å².